The minimum Gasteiger partial charge on any atom is -0.481 e. The molecule has 0 spiro atoms. The Morgan fingerprint density at radius 3 is 2.34 bits per heavy atom. The maximum atomic E-state index is 13.6. The number of aliphatic hydroxyl groups is 1. The summed E-state index contributed by atoms with van der Waals surface area (Å²) in [6.45, 7) is 10.3. The van der Waals surface area contributed by atoms with E-state index in [2.05, 4.69) is 20.9 Å². The van der Waals surface area contributed by atoms with Crippen molar-refractivity contribution < 1.29 is 29.4 Å². The smallest absolute Gasteiger partial charge is 0.306 e. The molecule has 47 heavy (non-hydrogen) atoms. The molecule has 5 N–H and O–H groups in total. The Bertz CT molecular complexity index is 1320. The number of aliphatic carboxylic acids is 1. The van der Waals surface area contributed by atoms with E-state index < -0.39 is 42.0 Å². The van der Waals surface area contributed by atoms with Crippen molar-refractivity contribution in [1.82, 2.24) is 25.8 Å². The number of benzene rings is 1. The fourth-order valence-corrected chi connectivity index (χ4v) is 6.69. The normalized spacial score (nSPS) is 19.2. The number of carbonyl (C=O) groups excluding carboxylic acids is 3. The Labute approximate surface area is 282 Å². The van der Waals surface area contributed by atoms with Gasteiger partial charge in [0.05, 0.1) is 12.0 Å². The van der Waals surface area contributed by atoms with Gasteiger partial charge in [0.2, 0.25) is 11.8 Å². The molecule has 1 fully saturated rings. The van der Waals surface area contributed by atoms with Gasteiger partial charge in [0.15, 0.2) is 0 Å². The molecule has 2 aromatic rings. The van der Waals surface area contributed by atoms with Gasteiger partial charge in [-0.2, -0.15) is 0 Å². The number of carboxylic acids is 1. The largest absolute Gasteiger partial charge is 0.481 e. The monoisotopic (exact) mass is 671 g/mol. The number of likely N-dealkylation sites (N-methyl/N-ethyl adjacent to an activating group) is 1. The maximum absolute atomic E-state index is 13.6. The third-order valence-corrected chi connectivity index (χ3v) is 10.2. The Kier molecular flexibility index (Phi) is 14.8. The molecule has 0 aliphatic carbocycles. The number of piperidine rings is 1. The number of rotatable bonds is 17. The van der Waals surface area contributed by atoms with E-state index in [0.29, 0.717) is 17.8 Å². The number of likely N-dealkylation sites (tertiary alicyclic amines) is 1. The minimum absolute atomic E-state index is 0.0240. The second-order valence-electron chi connectivity index (χ2n) is 13.4. The summed E-state index contributed by atoms with van der Waals surface area (Å²) < 4.78 is 0. The van der Waals surface area contributed by atoms with Gasteiger partial charge in [-0.1, -0.05) is 77.8 Å². The number of nitrogens with zero attached hydrogens (tertiary/aromatic N) is 2. The van der Waals surface area contributed by atoms with Crippen molar-refractivity contribution in [3.8, 4) is 0 Å². The van der Waals surface area contributed by atoms with E-state index >= 15 is 0 Å². The van der Waals surface area contributed by atoms with Crippen LogP contribution in [0, 0.1) is 17.8 Å². The maximum Gasteiger partial charge on any atom is 0.306 e. The minimum atomic E-state index is -1.03. The molecule has 0 radical (unpaired) electrons. The van der Waals surface area contributed by atoms with Crippen LogP contribution >= 0.6 is 11.3 Å². The summed E-state index contributed by atoms with van der Waals surface area (Å²) in [5, 5.41) is 31.6. The predicted octanol–water partition coefficient (Wildman–Crippen LogP) is 4.17. The van der Waals surface area contributed by atoms with E-state index in [1.54, 1.807) is 12.3 Å². The van der Waals surface area contributed by atoms with Crippen LogP contribution in [0.2, 0.25) is 0 Å². The molecule has 3 amide bonds. The molecule has 1 aromatic carbocycles. The first-order chi connectivity index (χ1) is 22.3. The van der Waals surface area contributed by atoms with Gasteiger partial charge in [0.1, 0.15) is 22.8 Å². The lowest BCUT2D eigenvalue weighted by Crippen LogP contribution is -2.57. The van der Waals surface area contributed by atoms with Crippen molar-refractivity contribution in [2.75, 3.05) is 13.6 Å². The Hall–Kier alpha value is -3.35. The van der Waals surface area contributed by atoms with Gasteiger partial charge in [-0.05, 0) is 56.7 Å². The average Bonchev–Trinajstić information content (AvgIpc) is 3.54. The number of carboxylic acid groups (broad SMARTS) is 1. The molecule has 1 aromatic heterocycles. The number of hydrogen-bond acceptors (Lipinski definition) is 8. The molecule has 260 valence electrons. The number of amides is 3. The van der Waals surface area contributed by atoms with E-state index in [1.165, 1.54) is 0 Å². The van der Waals surface area contributed by atoms with Crippen molar-refractivity contribution in [2.24, 2.45) is 17.8 Å². The highest BCUT2D eigenvalue weighted by molar-refractivity contribution is 7.09. The number of aromatic nitrogens is 1. The highest BCUT2D eigenvalue weighted by atomic mass is 32.1. The SMILES string of the molecule is CC[C@H](C)[C@H](NC(=O)C1CCCCN1C)C(=O)N[C@H](C[C@@H](O)c1nc(C(=O)N[C@@H](Cc2ccccc2)C[C@H](C)C(=O)O)cs1)C(C)C. The first-order valence-corrected chi connectivity index (χ1v) is 17.7. The van der Waals surface area contributed by atoms with E-state index in [-0.39, 0.29) is 48.2 Å². The summed E-state index contributed by atoms with van der Waals surface area (Å²) in [5.74, 6) is -2.55. The number of carbonyl (C=O) groups is 4. The molecule has 1 aliphatic rings. The number of hydrogen-bond donors (Lipinski definition) is 5. The van der Waals surface area contributed by atoms with Crippen LogP contribution in [0.25, 0.3) is 0 Å². The van der Waals surface area contributed by atoms with Gasteiger partial charge >= 0.3 is 5.97 Å². The number of aliphatic hydroxyl groups excluding tert-OH is 1. The molecule has 1 saturated heterocycles. The topological polar surface area (TPSA) is 161 Å². The fourth-order valence-electron chi connectivity index (χ4n) is 5.89. The van der Waals surface area contributed by atoms with Gasteiger partial charge in [-0.3, -0.25) is 24.1 Å². The molecular weight excluding hydrogens is 618 g/mol. The van der Waals surface area contributed by atoms with Crippen LogP contribution in [0.1, 0.15) is 100 Å². The third kappa shape index (κ3) is 11.4. The Morgan fingerprint density at radius 1 is 1.02 bits per heavy atom. The Morgan fingerprint density at radius 2 is 1.72 bits per heavy atom. The molecule has 2 heterocycles. The van der Waals surface area contributed by atoms with Crippen LogP contribution in [0.15, 0.2) is 35.7 Å². The predicted molar refractivity (Wildman–Crippen MR) is 183 cm³/mol. The highest BCUT2D eigenvalue weighted by Gasteiger charge is 2.34. The van der Waals surface area contributed by atoms with Gasteiger partial charge in [0, 0.05) is 23.9 Å². The summed E-state index contributed by atoms with van der Waals surface area (Å²) in [7, 11) is 1.94. The quantitative estimate of drug-likeness (QED) is 0.168. The molecule has 7 atom stereocenters. The zero-order valence-corrected chi connectivity index (χ0v) is 29.4. The number of nitrogens with one attached hydrogen (secondary N) is 3. The van der Waals surface area contributed by atoms with E-state index in [9.17, 15) is 29.4 Å². The fraction of sp³-hybridized carbons (Fsp3) is 0.629. The lowest BCUT2D eigenvalue weighted by molar-refractivity contribution is -0.141. The lowest BCUT2D eigenvalue weighted by Gasteiger charge is -2.34. The first kappa shape index (κ1) is 38.1. The molecule has 12 heteroatoms. The average molecular weight is 672 g/mol. The molecule has 1 unspecified atom stereocenters. The molecular formula is C35H53N5O6S. The van der Waals surface area contributed by atoms with E-state index in [4.69, 9.17) is 0 Å². The molecule has 3 rings (SSSR count). The van der Waals surface area contributed by atoms with E-state index in [1.807, 2.05) is 70.0 Å². The van der Waals surface area contributed by atoms with E-state index in [0.717, 1.165) is 42.7 Å². The summed E-state index contributed by atoms with van der Waals surface area (Å²) in [5.41, 5.74) is 1.12. The summed E-state index contributed by atoms with van der Waals surface area (Å²) in [6, 6.07) is 7.75. The van der Waals surface area contributed by atoms with Gasteiger partial charge in [0.25, 0.3) is 5.91 Å². The van der Waals surface area contributed by atoms with Crippen molar-refractivity contribution in [3.05, 3.63) is 52.0 Å². The number of thiazole rings is 1. The summed E-state index contributed by atoms with van der Waals surface area (Å²) in [4.78, 5) is 58.0. The lowest BCUT2D eigenvalue weighted by atomic mass is 9.94. The van der Waals surface area contributed by atoms with Crippen LogP contribution in [-0.4, -0.2) is 81.5 Å². The van der Waals surface area contributed by atoms with Crippen molar-refractivity contribution in [1.29, 1.82) is 0 Å². The van der Waals surface area contributed by atoms with Crippen LogP contribution in [0.3, 0.4) is 0 Å². The van der Waals surface area contributed by atoms with Crippen LogP contribution in [0.4, 0.5) is 0 Å². The Balaban J connectivity index is 1.66. The zero-order valence-electron chi connectivity index (χ0n) is 28.6. The summed E-state index contributed by atoms with van der Waals surface area (Å²) >= 11 is 1.16. The molecule has 1 aliphatic heterocycles. The second kappa shape index (κ2) is 18.3. The van der Waals surface area contributed by atoms with Crippen molar-refractivity contribution in [2.45, 2.75) is 110 Å². The van der Waals surface area contributed by atoms with Crippen molar-refractivity contribution >= 4 is 35.0 Å². The van der Waals surface area contributed by atoms with Gasteiger partial charge < -0.3 is 26.2 Å². The van der Waals surface area contributed by atoms with Crippen LogP contribution in [-0.2, 0) is 20.8 Å². The molecule has 0 saturated carbocycles. The molecule has 11 nitrogen and oxygen atoms in total. The zero-order chi connectivity index (χ0) is 34.7. The first-order valence-electron chi connectivity index (χ1n) is 16.8. The van der Waals surface area contributed by atoms with Gasteiger partial charge in [-0.15, -0.1) is 11.3 Å². The van der Waals surface area contributed by atoms with Gasteiger partial charge in [-0.25, -0.2) is 4.98 Å². The highest BCUT2D eigenvalue weighted by Crippen LogP contribution is 2.26. The van der Waals surface area contributed by atoms with Crippen LogP contribution in [0.5, 0.6) is 0 Å². The van der Waals surface area contributed by atoms with Crippen molar-refractivity contribution in [3.63, 3.8) is 0 Å². The third-order valence-electron chi connectivity index (χ3n) is 9.24. The van der Waals surface area contributed by atoms with Crippen LogP contribution < -0.4 is 16.0 Å². The summed E-state index contributed by atoms with van der Waals surface area (Å²) in [6.07, 6.45) is 3.37. The molecule has 0 bridgehead atoms. The standard InChI is InChI=1S/C35H53N5O6S/c1-7-22(4)30(39-32(43)28-15-11-12-16-40(28)6)33(44)37-26(21(2)3)19-29(41)34-38-27(20-47-34)31(42)36-25(17-23(5)35(45)46)18-24-13-9-8-10-14-24/h8-10,13-14,20-23,25-26,28-30,41H,7,11-12,15-19H2,1-6H3,(H,36,42)(H,37,44)(H,39,43)(H,45,46)/t22-,23-,25+,26+,28?,29+,30-/m0/s1. The second-order valence-corrected chi connectivity index (χ2v) is 14.3.